The Bertz CT molecular complexity index is 671. The number of rotatable bonds is 4. The second kappa shape index (κ2) is 6.31. The molecule has 23 heavy (non-hydrogen) atoms. The van der Waals surface area contributed by atoms with E-state index < -0.39 is 6.17 Å². The number of carbonyl (C=O) groups is 1. The molecule has 1 N–H and O–H groups in total. The molecule has 2 atom stereocenters. The van der Waals surface area contributed by atoms with Gasteiger partial charge >= 0.3 is 0 Å². The molecule has 1 amide bonds. The molecule has 0 aromatic carbocycles. The van der Waals surface area contributed by atoms with E-state index in [1.165, 1.54) is 0 Å². The van der Waals surface area contributed by atoms with Crippen LogP contribution in [-0.4, -0.2) is 46.6 Å². The molecule has 7 nitrogen and oxygen atoms in total. The second-order valence-electron chi connectivity index (χ2n) is 5.63. The molecule has 0 unspecified atom stereocenters. The van der Waals surface area contributed by atoms with Gasteiger partial charge < -0.3 is 14.7 Å². The number of hydrogen-bond donors (Lipinski definition) is 1. The van der Waals surface area contributed by atoms with Gasteiger partial charge in [-0.3, -0.25) is 4.79 Å². The predicted octanol–water partition coefficient (Wildman–Crippen LogP) is 1.43. The van der Waals surface area contributed by atoms with Crippen LogP contribution in [0.2, 0.25) is 0 Å². The summed E-state index contributed by atoms with van der Waals surface area (Å²) in [5.41, 5.74) is 0.978. The van der Waals surface area contributed by atoms with Crippen LogP contribution < -0.4 is 10.2 Å². The second-order valence-corrected chi connectivity index (χ2v) is 5.63. The molecule has 0 saturated carbocycles. The fourth-order valence-corrected chi connectivity index (χ4v) is 2.89. The number of halogens is 1. The first-order chi connectivity index (χ1) is 11.1. The van der Waals surface area contributed by atoms with Gasteiger partial charge in [0.05, 0.1) is 18.3 Å². The first-order valence-corrected chi connectivity index (χ1v) is 7.45. The molecule has 1 aliphatic rings. The van der Waals surface area contributed by atoms with Crippen LogP contribution in [0.15, 0.2) is 22.9 Å². The number of anilines is 1. The maximum Gasteiger partial charge on any atom is 0.256 e. The molecule has 3 rings (SSSR count). The fraction of sp³-hybridized carbons (Fsp3) is 0.467. The number of carbonyl (C=O) groups excluding carboxylic acids is 1. The molecule has 1 aliphatic heterocycles. The molecule has 8 heteroatoms. The molecule has 0 bridgehead atoms. The first kappa shape index (κ1) is 15.4. The smallest absolute Gasteiger partial charge is 0.256 e. The third kappa shape index (κ3) is 3.15. The molecule has 2 aromatic heterocycles. The van der Waals surface area contributed by atoms with E-state index in [0.717, 1.165) is 0 Å². The van der Waals surface area contributed by atoms with E-state index >= 15 is 0 Å². The Kier molecular flexibility index (Phi) is 4.22. The van der Waals surface area contributed by atoms with Crippen LogP contribution in [0.5, 0.6) is 0 Å². The van der Waals surface area contributed by atoms with Crippen molar-refractivity contribution < 1.29 is 13.7 Å². The van der Waals surface area contributed by atoms with Crippen LogP contribution >= 0.6 is 0 Å². The predicted molar refractivity (Wildman–Crippen MR) is 81.0 cm³/mol. The van der Waals surface area contributed by atoms with Gasteiger partial charge in [-0.25, -0.2) is 4.39 Å². The number of nitrogens with one attached hydrogen (secondary N) is 1. The minimum absolute atomic E-state index is 0.161. The zero-order chi connectivity index (χ0) is 16.4. The van der Waals surface area contributed by atoms with E-state index in [2.05, 4.69) is 20.7 Å². The summed E-state index contributed by atoms with van der Waals surface area (Å²) >= 11 is 0. The molecule has 3 heterocycles. The number of nitrogens with zero attached hydrogens (tertiary/aromatic N) is 4. The van der Waals surface area contributed by atoms with Crippen LogP contribution in [0, 0.1) is 13.8 Å². The number of aryl methyl sites for hydroxylation is 2. The Morgan fingerprint density at radius 2 is 2.35 bits per heavy atom. The maximum absolute atomic E-state index is 13.8. The van der Waals surface area contributed by atoms with Crippen molar-refractivity contribution in [1.82, 2.24) is 20.7 Å². The Hall–Kier alpha value is -2.51. The number of alkyl halides is 1. The molecule has 0 aliphatic carbocycles. The van der Waals surface area contributed by atoms with Crippen molar-refractivity contribution in [1.29, 1.82) is 0 Å². The minimum atomic E-state index is -0.946. The van der Waals surface area contributed by atoms with Gasteiger partial charge in [-0.15, -0.1) is 5.10 Å². The topological polar surface area (TPSA) is 84.2 Å². The van der Waals surface area contributed by atoms with E-state index in [1.54, 1.807) is 32.2 Å². The van der Waals surface area contributed by atoms with E-state index in [4.69, 9.17) is 4.52 Å². The lowest BCUT2D eigenvalue weighted by Crippen LogP contribution is -2.40. The molecular formula is C15H18FN5O2. The molecular weight excluding hydrogens is 301 g/mol. The summed E-state index contributed by atoms with van der Waals surface area (Å²) in [6.07, 6.45) is 0.970. The molecule has 1 fully saturated rings. The highest BCUT2D eigenvalue weighted by Crippen LogP contribution is 2.25. The summed E-state index contributed by atoms with van der Waals surface area (Å²) in [5.74, 6) is 0.826. The van der Waals surface area contributed by atoms with Gasteiger partial charge in [0.2, 0.25) is 0 Å². The molecule has 2 aromatic rings. The average molecular weight is 319 g/mol. The van der Waals surface area contributed by atoms with Gasteiger partial charge in [0.15, 0.2) is 5.82 Å². The standard InChI is InChI=1S/C15H18FN5O2/c1-9-14(10(2)23-20-9)15(22)17-7-12-6-11(16)8-21(12)13-4-3-5-18-19-13/h3-5,11-12H,6-8H2,1-2H3,(H,17,22)/t11-,12-/m0/s1. The third-order valence-electron chi connectivity index (χ3n) is 3.97. The summed E-state index contributed by atoms with van der Waals surface area (Å²) in [4.78, 5) is 14.1. The van der Waals surface area contributed by atoms with E-state index in [9.17, 15) is 9.18 Å². The average Bonchev–Trinajstić information content (AvgIpc) is 3.08. The zero-order valence-corrected chi connectivity index (χ0v) is 13.0. The largest absolute Gasteiger partial charge is 0.361 e. The Morgan fingerprint density at radius 1 is 1.52 bits per heavy atom. The van der Waals surface area contributed by atoms with Crippen molar-refractivity contribution in [3.63, 3.8) is 0 Å². The number of amides is 1. The lowest BCUT2D eigenvalue weighted by Gasteiger charge is -2.24. The van der Waals surface area contributed by atoms with E-state index in [-0.39, 0.29) is 18.5 Å². The van der Waals surface area contributed by atoms with Crippen molar-refractivity contribution in [3.8, 4) is 0 Å². The van der Waals surface area contributed by atoms with Crippen LogP contribution in [0.1, 0.15) is 28.2 Å². The van der Waals surface area contributed by atoms with Gasteiger partial charge in [0.25, 0.3) is 5.91 Å². The monoisotopic (exact) mass is 319 g/mol. The third-order valence-corrected chi connectivity index (χ3v) is 3.97. The van der Waals surface area contributed by atoms with Crippen LogP contribution in [0.4, 0.5) is 10.2 Å². The van der Waals surface area contributed by atoms with Gasteiger partial charge in [-0.1, -0.05) is 5.16 Å². The van der Waals surface area contributed by atoms with Gasteiger partial charge in [0.1, 0.15) is 17.5 Å². The summed E-state index contributed by atoms with van der Waals surface area (Å²) in [6, 6.07) is 3.38. The number of hydrogen-bond acceptors (Lipinski definition) is 6. The lowest BCUT2D eigenvalue weighted by molar-refractivity contribution is 0.0949. The summed E-state index contributed by atoms with van der Waals surface area (Å²) in [7, 11) is 0. The van der Waals surface area contributed by atoms with Crippen molar-refractivity contribution >= 4 is 11.7 Å². The SMILES string of the molecule is Cc1noc(C)c1C(=O)NC[C@@H]1C[C@H](F)CN1c1cccnn1. The summed E-state index contributed by atoms with van der Waals surface area (Å²) in [6.45, 7) is 3.98. The maximum atomic E-state index is 13.8. The quantitative estimate of drug-likeness (QED) is 0.918. The van der Waals surface area contributed by atoms with E-state index in [0.29, 0.717) is 35.8 Å². The minimum Gasteiger partial charge on any atom is -0.361 e. The fourth-order valence-electron chi connectivity index (χ4n) is 2.89. The van der Waals surface area contributed by atoms with Crippen molar-refractivity contribution in [2.45, 2.75) is 32.5 Å². The van der Waals surface area contributed by atoms with Crippen LogP contribution in [-0.2, 0) is 0 Å². The van der Waals surface area contributed by atoms with Gasteiger partial charge in [-0.2, -0.15) is 5.10 Å². The lowest BCUT2D eigenvalue weighted by atomic mass is 10.1. The van der Waals surface area contributed by atoms with Crippen molar-refractivity contribution in [3.05, 3.63) is 35.3 Å². The number of aromatic nitrogens is 3. The Balaban J connectivity index is 1.68. The van der Waals surface area contributed by atoms with Crippen molar-refractivity contribution in [2.75, 3.05) is 18.0 Å². The summed E-state index contributed by atoms with van der Waals surface area (Å²) in [5, 5.41) is 14.4. The van der Waals surface area contributed by atoms with Gasteiger partial charge in [-0.05, 0) is 26.0 Å². The molecule has 122 valence electrons. The molecule has 1 saturated heterocycles. The Labute approximate surface area is 132 Å². The normalized spacial score (nSPS) is 20.7. The molecule has 0 spiro atoms. The van der Waals surface area contributed by atoms with Gasteiger partial charge in [0, 0.05) is 19.2 Å². The zero-order valence-electron chi connectivity index (χ0n) is 13.0. The van der Waals surface area contributed by atoms with Crippen molar-refractivity contribution in [2.24, 2.45) is 0 Å². The molecule has 0 radical (unpaired) electrons. The highest BCUT2D eigenvalue weighted by Gasteiger charge is 2.33. The highest BCUT2D eigenvalue weighted by molar-refractivity contribution is 5.96. The first-order valence-electron chi connectivity index (χ1n) is 7.45. The summed E-state index contributed by atoms with van der Waals surface area (Å²) < 4.78 is 18.8. The van der Waals surface area contributed by atoms with E-state index in [1.807, 2.05) is 4.90 Å². The Morgan fingerprint density at radius 3 is 3.00 bits per heavy atom. The highest BCUT2D eigenvalue weighted by atomic mass is 19.1. The van der Waals surface area contributed by atoms with Crippen LogP contribution in [0.25, 0.3) is 0 Å². The van der Waals surface area contributed by atoms with Crippen LogP contribution in [0.3, 0.4) is 0 Å².